The second kappa shape index (κ2) is 11.6. The molecule has 178 valence electrons. The Bertz CT molecular complexity index is 1210. The summed E-state index contributed by atoms with van der Waals surface area (Å²) < 4.78 is 33.4. The van der Waals surface area contributed by atoms with Gasteiger partial charge in [0.05, 0.1) is 17.9 Å². The molecular weight excluding hydrogens is 452 g/mol. The number of hydrogen-bond acceptors (Lipinski definition) is 5. The van der Waals surface area contributed by atoms with Gasteiger partial charge in [-0.25, -0.2) is 8.42 Å². The van der Waals surface area contributed by atoms with Gasteiger partial charge in [0.1, 0.15) is 6.04 Å². The average Bonchev–Trinajstić information content (AvgIpc) is 2.81. The van der Waals surface area contributed by atoms with Crippen LogP contribution in [-0.2, 0) is 37.2 Å². The van der Waals surface area contributed by atoms with Crippen LogP contribution in [0.1, 0.15) is 23.6 Å². The maximum atomic E-state index is 13.1. The first-order chi connectivity index (χ1) is 16.3. The van der Waals surface area contributed by atoms with Crippen molar-refractivity contribution in [1.82, 2.24) is 4.72 Å². The Hall–Kier alpha value is -3.49. The van der Waals surface area contributed by atoms with Gasteiger partial charge < -0.3 is 10.1 Å². The van der Waals surface area contributed by atoms with Gasteiger partial charge in [0.25, 0.3) is 0 Å². The lowest BCUT2D eigenvalue weighted by atomic mass is 10.1. The number of sulfonamides is 1. The molecule has 0 aliphatic rings. The summed E-state index contributed by atoms with van der Waals surface area (Å²) >= 11 is 0. The van der Waals surface area contributed by atoms with E-state index in [9.17, 15) is 18.0 Å². The van der Waals surface area contributed by atoms with Crippen LogP contribution < -0.4 is 10.0 Å². The summed E-state index contributed by atoms with van der Waals surface area (Å²) in [4.78, 5) is 24.9. The maximum Gasteiger partial charge on any atom is 0.310 e. The Balaban J connectivity index is 1.76. The summed E-state index contributed by atoms with van der Waals surface area (Å²) in [5.74, 6) is -0.814. The van der Waals surface area contributed by atoms with E-state index in [1.54, 1.807) is 43.3 Å². The van der Waals surface area contributed by atoms with Crippen LogP contribution in [0.15, 0.2) is 83.8 Å². The van der Waals surface area contributed by atoms with Crippen molar-refractivity contribution in [1.29, 1.82) is 0 Å². The first-order valence-corrected chi connectivity index (χ1v) is 12.4. The second-order valence-corrected chi connectivity index (χ2v) is 9.56. The van der Waals surface area contributed by atoms with Crippen LogP contribution in [0.4, 0.5) is 5.69 Å². The molecule has 1 unspecified atom stereocenters. The van der Waals surface area contributed by atoms with Gasteiger partial charge in [-0.05, 0) is 55.7 Å². The minimum Gasteiger partial charge on any atom is -0.466 e. The number of esters is 1. The number of aryl methyl sites for hydroxylation is 1. The smallest absolute Gasteiger partial charge is 0.310 e. The fourth-order valence-corrected chi connectivity index (χ4v) is 4.52. The number of carbonyl (C=O) groups excluding carboxylic acids is 2. The van der Waals surface area contributed by atoms with Crippen LogP contribution in [0.3, 0.4) is 0 Å². The van der Waals surface area contributed by atoms with Crippen LogP contribution >= 0.6 is 0 Å². The minimum absolute atomic E-state index is 0.0901. The third kappa shape index (κ3) is 7.26. The Morgan fingerprint density at radius 3 is 2.15 bits per heavy atom. The molecule has 0 radical (unpaired) electrons. The van der Waals surface area contributed by atoms with Gasteiger partial charge in [-0.1, -0.05) is 60.2 Å². The fraction of sp³-hybridized carbons (Fsp3) is 0.231. The normalized spacial score (nSPS) is 12.1. The molecule has 34 heavy (non-hydrogen) atoms. The van der Waals surface area contributed by atoms with Crippen LogP contribution in [0.2, 0.25) is 0 Å². The number of hydrogen-bond donors (Lipinski definition) is 2. The Labute approximate surface area is 200 Å². The van der Waals surface area contributed by atoms with Gasteiger partial charge in [0.15, 0.2) is 0 Å². The maximum absolute atomic E-state index is 13.1. The van der Waals surface area contributed by atoms with Crippen LogP contribution in [0, 0.1) is 6.92 Å². The predicted molar refractivity (Wildman–Crippen MR) is 131 cm³/mol. The molecule has 8 heteroatoms. The topological polar surface area (TPSA) is 102 Å². The molecule has 7 nitrogen and oxygen atoms in total. The number of rotatable bonds is 10. The van der Waals surface area contributed by atoms with Crippen molar-refractivity contribution in [2.24, 2.45) is 0 Å². The van der Waals surface area contributed by atoms with Gasteiger partial charge in [-0.2, -0.15) is 4.72 Å². The monoisotopic (exact) mass is 480 g/mol. The van der Waals surface area contributed by atoms with Crippen molar-refractivity contribution in [3.05, 3.63) is 95.6 Å². The van der Waals surface area contributed by atoms with Crippen molar-refractivity contribution in [3.8, 4) is 0 Å². The van der Waals surface area contributed by atoms with Gasteiger partial charge >= 0.3 is 5.97 Å². The zero-order chi connectivity index (χ0) is 24.6. The van der Waals surface area contributed by atoms with Crippen molar-refractivity contribution in [2.75, 3.05) is 11.9 Å². The Kier molecular flexibility index (Phi) is 8.56. The lowest BCUT2D eigenvalue weighted by Gasteiger charge is -2.19. The Morgan fingerprint density at radius 2 is 1.53 bits per heavy atom. The van der Waals surface area contributed by atoms with E-state index in [0.717, 1.165) is 16.7 Å². The highest BCUT2D eigenvalue weighted by molar-refractivity contribution is 7.89. The predicted octanol–water partition coefficient (Wildman–Crippen LogP) is 3.63. The van der Waals surface area contributed by atoms with Gasteiger partial charge in [-0.3, -0.25) is 9.59 Å². The summed E-state index contributed by atoms with van der Waals surface area (Å²) in [6, 6.07) is 21.4. The summed E-state index contributed by atoms with van der Waals surface area (Å²) in [6.07, 6.45) is 0.313. The van der Waals surface area contributed by atoms with E-state index in [4.69, 9.17) is 4.74 Å². The molecule has 0 bridgehead atoms. The Morgan fingerprint density at radius 1 is 0.882 bits per heavy atom. The number of anilines is 1. The van der Waals surface area contributed by atoms with Crippen LogP contribution in [-0.4, -0.2) is 32.9 Å². The molecule has 1 amide bonds. The summed E-state index contributed by atoms with van der Waals surface area (Å²) in [7, 11) is -3.92. The number of nitrogens with one attached hydrogen (secondary N) is 2. The molecule has 2 N–H and O–H groups in total. The van der Waals surface area contributed by atoms with E-state index in [-0.39, 0.29) is 23.7 Å². The zero-order valence-corrected chi connectivity index (χ0v) is 20.0. The highest BCUT2D eigenvalue weighted by Gasteiger charge is 2.26. The van der Waals surface area contributed by atoms with Crippen molar-refractivity contribution < 1.29 is 22.7 Å². The van der Waals surface area contributed by atoms with E-state index in [1.165, 1.54) is 12.1 Å². The van der Waals surface area contributed by atoms with Gasteiger partial charge in [0, 0.05) is 5.69 Å². The molecular formula is C26H28N2O5S. The quantitative estimate of drug-likeness (QED) is 0.432. The van der Waals surface area contributed by atoms with Gasteiger partial charge in [0.2, 0.25) is 15.9 Å². The molecule has 0 aliphatic heterocycles. The lowest BCUT2D eigenvalue weighted by molar-refractivity contribution is -0.142. The van der Waals surface area contributed by atoms with E-state index in [1.807, 2.05) is 37.3 Å². The first kappa shape index (κ1) is 25.1. The molecule has 0 spiro atoms. The average molecular weight is 481 g/mol. The minimum atomic E-state index is -3.92. The molecule has 0 saturated carbocycles. The SMILES string of the molecule is CCOC(=O)Cc1ccc(NC(=O)C(Cc2ccccc2)NS(=O)(=O)c2ccc(C)cc2)cc1. The third-order valence-corrected chi connectivity index (χ3v) is 6.59. The van der Waals surface area contributed by atoms with E-state index in [0.29, 0.717) is 12.3 Å². The number of amides is 1. The molecule has 3 aromatic carbocycles. The summed E-state index contributed by atoms with van der Waals surface area (Å²) in [5.41, 5.74) is 2.99. The third-order valence-electron chi connectivity index (χ3n) is 5.10. The molecule has 0 heterocycles. The number of carbonyl (C=O) groups is 2. The summed E-state index contributed by atoms with van der Waals surface area (Å²) in [6.45, 7) is 3.93. The molecule has 0 saturated heterocycles. The second-order valence-electron chi connectivity index (χ2n) is 7.84. The van der Waals surface area contributed by atoms with Crippen LogP contribution in [0.5, 0.6) is 0 Å². The standard InChI is InChI=1S/C26H28N2O5S/c1-3-33-25(29)18-21-11-13-22(14-12-21)27-26(30)24(17-20-7-5-4-6-8-20)28-34(31,32)23-15-9-19(2)10-16-23/h4-16,24,28H,3,17-18H2,1-2H3,(H,27,30). The first-order valence-electron chi connectivity index (χ1n) is 10.9. The van der Waals surface area contributed by atoms with Crippen molar-refractivity contribution >= 4 is 27.6 Å². The molecule has 0 fully saturated rings. The fourth-order valence-electron chi connectivity index (χ4n) is 3.32. The molecule has 0 aromatic heterocycles. The number of benzene rings is 3. The summed E-state index contributed by atoms with van der Waals surface area (Å²) in [5, 5.41) is 2.77. The highest BCUT2D eigenvalue weighted by atomic mass is 32.2. The van der Waals surface area contributed by atoms with Gasteiger partial charge in [-0.15, -0.1) is 0 Å². The number of ether oxygens (including phenoxy) is 1. The van der Waals surface area contributed by atoms with E-state index in [2.05, 4.69) is 10.0 Å². The molecule has 3 aromatic rings. The van der Waals surface area contributed by atoms with E-state index >= 15 is 0 Å². The van der Waals surface area contributed by atoms with Crippen molar-refractivity contribution in [3.63, 3.8) is 0 Å². The largest absolute Gasteiger partial charge is 0.466 e. The highest BCUT2D eigenvalue weighted by Crippen LogP contribution is 2.15. The van der Waals surface area contributed by atoms with Crippen LogP contribution in [0.25, 0.3) is 0 Å². The van der Waals surface area contributed by atoms with E-state index < -0.39 is 22.0 Å². The molecule has 3 rings (SSSR count). The zero-order valence-electron chi connectivity index (χ0n) is 19.2. The molecule has 0 aliphatic carbocycles. The molecule has 1 atom stereocenters. The van der Waals surface area contributed by atoms with Crippen molar-refractivity contribution in [2.45, 2.75) is 37.6 Å². The lowest BCUT2D eigenvalue weighted by Crippen LogP contribution is -2.45.